The smallest absolute Gasteiger partial charge is 0.194 e. The van der Waals surface area contributed by atoms with Crippen LogP contribution in [0.2, 0.25) is 0 Å². The Hall–Kier alpha value is -2.21. The quantitative estimate of drug-likeness (QED) is 0.770. The fourth-order valence-electron chi connectivity index (χ4n) is 2.58. The number of aryl methyl sites for hydroxylation is 1. The van der Waals surface area contributed by atoms with Crippen molar-refractivity contribution >= 4 is 10.9 Å². The third-order valence-electron chi connectivity index (χ3n) is 3.74. The number of para-hydroxylation sites is 1. The van der Waals surface area contributed by atoms with Gasteiger partial charge in [0.05, 0.1) is 13.6 Å². The summed E-state index contributed by atoms with van der Waals surface area (Å²) in [5, 5.41) is 13.4. The van der Waals surface area contributed by atoms with Gasteiger partial charge in [0, 0.05) is 23.1 Å². The molecule has 2 aromatic heterocycles. The fraction of sp³-hybridized carbons (Fsp3) is 0.400. The van der Waals surface area contributed by atoms with E-state index in [1.54, 1.807) is 7.05 Å². The van der Waals surface area contributed by atoms with Gasteiger partial charge >= 0.3 is 0 Å². The number of benzene rings is 1. The zero-order valence-electron chi connectivity index (χ0n) is 12.4. The zero-order valence-corrected chi connectivity index (χ0v) is 12.4. The Bertz CT molecular complexity index is 742. The summed E-state index contributed by atoms with van der Waals surface area (Å²) in [7, 11) is 1.77. The van der Waals surface area contributed by atoms with Crippen LogP contribution in [0.15, 0.2) is 30.5 Å². The number of hydrogen-bond acceptors (Lipinski definition) is 4. The molecule has 1 unspecified atom stereocenters. The van der Waals surface area contributed by atoms with Crippen molar-refractivity contribution < 1.29 is 0 Å². The number of rotatable bonds is 5. The maximum atomic E-state index is 6.11. The number of hydrogen-bond donors (Lipinski definition) is 1. The molecule has 0 aliphatic rings. The standard InChI is InChI=1S/C15H20N6/c1-3-12(16)8-11-9-21(10-15-17-19-20(2)18-15)14-7-5-4-6-13(11)14/h4-7,9,12H,3,8,10,16H2,1-2H3. The molecule has 0 spiro atoms. The third kappa shape index (κ3) is 2.80. The van der Waals surface area contributed by atoms with E-state index in [-0.39, 0.29) is 6.04 Å². The Labute approximate surface area is 123 Å². The summed E-state index contributed by atoms with van der Waals surface area (Å²) < 4.78 is 2.17. The van der Waals surface area contributed by atoms with Crippen LogP contribution in [0.4, 0.5) is 0 Å². The molecule has 0 radical (unpaired) electrons. The van der Waals surface area contributed by atoms with E-state index in [0.717, 1.165) is 12.8 Å². The van der Waals surface area contributed by atoms with Gasteiger partial charge in [-0.15, -0.1) is 10.2 Å². The summed E-state index contributed by atoms with van der Waals surface area (Å²) >= 11 is 0. The molecule has 110 valence electrons. The predicted octanol–water partition coefficient (Wildman–Crippen LogP) is 1.49. The molecule has 0 saturated carbocycles. The highest BCUT2D eigenvalue weighted by molar-refractivity contribution is 5.84. The molecule has 0 aliphatic carbocycles. The van der Waals surface area contributed by atoms with E-state index in [2.05, 4.69) is 51.3 Å². The van der Waals surface area contributed by atoms with Crippen LogP contribution in [0.25, 0.3) is 10.9 Å². The molecule has 2 heterocycles. The first-order valence-electron chi connectivity index (χ1n) is 7.22. The molecular weight excluding hydrogens is 264 g/mol. The number of nitrogens with zero attached hydrogens (tertiary/aromatic N) is 5. The first kappa shape index (κ1) is 13.8. The van der Waals surface area contributed by atoms with Crippen molar-refractivity contribution in [1.82, 2.24) is 24.8 Å². The molecule has 21 heavy (non-hydrogen) atoms. The largest absolute Gasteiger partial charge is 0.339 e. The highest BCUT2D eigenvalue weighted by Gasteiger charge is 2.12. The molecule has 3 rings (SSSR count). The van der Waals surface area contributed by atoms with E-state index >= 15 is 0 Å². The second kappa shape index (κ2) is 5.65. The van der Waals surface area contributed by atoms with Gasteiger partial charge in [0.25, 0.3) is 0 Å². The summed E-state index contributed by atoms with van der Waals surface area (Å²) in [6.07, 6.45) is 4.03. The molecule has 0 fully saturated rings. The molecule has 0 saturated heterocycles. The van der Waals surface area contributed by atoms with Gasteiger partial charge in [-0.25, -0.2) is 0 Å². The lowest BCUT2D eigenvalue weighted by atomic mass is 10.0. The maximum absolute atomic E-state index is 6.11. The van der Waals surface area contributed by atoms with E-state index in [4.69, 9.17) is 5.73 Å². The van der Waals surface area contributed by atoms with E-state index in [1.807, 2.05) is 6.07 Å². The molecule has 0 amide bonds. The highest BCUT2D eigenvalue weighted by Crippen LogP contribution is 2.23. The predicted molar refractivity (Wildman–Crippen MR) is 81.8 cm³/mol. The fourth-order valence-corrected chi connectivity index (χ4v) is 2.58. The van der Waals surface area contributed by atoms with Gasteiger partial charge in [-0.1, -0.05) is 25.1 Å². The Morgan fingerprint density at radius 2 is 2.10 bits per heavy atom. The van der Waals surface area contributed by atoms with Crippen LogP contribution in [-0.2, 0) is 20.0 Å². The van der Waals surface area contributed by atoms with Gasteiger partial charge in [0.15, 0.2) is 5.82 Å². The molecule has 1 atom stereocenters. The minimum Gasteiger partial charge on any atom is -0.339 e. The second-order valence-electron chi connectivity index (χ2n) is 5.37. The second-order valence-corrected chi connectivity index (χ2v) is 5.37. The molecule has 1 aromatic carbocycles. The normalized spacial score (nSPS) is 12.9. The van der Waals surface area contributed by atoms with Crippen molar-refractivity contribution in [2.24, 2.45) is 12.8 Å². The van der Waals surface area contributed by atoms with E-state index < -0.39 is 0 Å². The summed E-state index contributed by atoms with van der Waals surface area (Å²) in [4.78, 5) is 1.48. The molecule has 6 heteroatoms. The molecule has 0 bridgehead atoms. The minimum absolute atomic E-state index is 0.193. The van der Waals surface area contributed by atoms with Gasteiger partial charge in [0.1, 0.15) is 0 Å². The van der Waals surface area contributed by atoms with E-state index in [1.165, 1.54) is 21.3 Å². The summed E-state index contributed by atoms with van der Waals surface area (Å²) in [6, 6.07) is 8.57. The number of nitrogens with two attached hydrogens (primary N) is 1. The van der Waals surface area contributed by atoms with Crippen molar-refractivity contribution in [3.8, 4) is 0 Å². The van der Waals surface area contributed by atoms with Gasteiger partial charge in [-0.05, 0) is 29.7 Å². The van der Waals surface area contributed by atoms with Gasteiger partial charge < -0.3 is 10.3 Å². The average Bonchev–Trinajstić information content (AvgIpc) is 3.04. The third-order valence-corrected chi connectivity index (χ3v) is 3.74. The Morgan fingerprint density at radius 3 is 2.81 bits per heavy atom. The number of fused-ring (bicyclic) bond motifs is 1. The summed E-state index contributed by atoms with van der Waals surface area (Å²) in [5.41, 5.74) is 8.58. The van der Waals surface area contributed by atoms with Crippen LogP contribution in [0, 0.1) is 0 Å². The summed E-state index contributed by atoms with van der Waals surface area (Å²) in [5.74, 6) is 0.713. The Morgan fingerprint density at radius 1 is 1.29 bits per heavy atom. The van der Waals surface area contributed by atoms with Crippen molar-refractivity contribution in [3.05, 3.63) is 41.9 Å². The lowest BCUT2D eigenvalue weighted by Gasteiger charge is -2.06. The van der Waals surface area contributed by atoms with Crippen LogP contribution in [0.1, 0.15) is 24.7 Å². The van der Waals surface area contributed by atoms with Gasteiger partial charge in [-0.3, -0.25) is 0 Å². The molecular formula is C15H20N6. The SMILES string of the molecule is CCC(N)Cc1cn(Cc2nnn(C)n2)c2ccccc12. The van der Waals surface area contributed by atoms with E-state index in [0.29, 0.717) is 12.4 Å². The molecule has 3 aromatic rings. The lowest BCUT2D eigenvalue weighted by molar-refractivity contribution is 0.625. The molecule has 2 N–H and O–H groups in total. The van der Waals surface area contributed by atoms with Crippen LogP contribution in [0.5, 0.6) is 0 Å². The summed E-state index contributed by atoms with van der Waals surface area (Å²) in [6.45, 7) is 2.74. The Kier molecular flexibility index (Phi) is 3.70. The topological polar surface area (TPSA) is 74.6 Å². The van der Waals surface area contributed by atoms with Crippen molar-refractivity contribution in [2.45, 2.75) is 32.4 Å². The van der Waals surface area contributed by atoms with E-state index in [9.17, 15) is 0 Å². The van der Waals surface area contributed by atoms with Crippen LogP contribution in [0.3, 0.4) is 0 Å². The first-order valence-corrected chi connectivity index (χ1v) is 7.22. The lowest BCUT2D eigenvalue weighted by Crippen LogP contribution is -2.21. The number of aromatic nitrogens is 5. The highest BCUT2D eigenvalue weighted by atomic mass is 15.6. The van der Waals surface area contributed by atoms with Gasteiger partial charge in [0.2, 0.25) is 0 Å². The van der Waals surface area contributed by atoms with Crippen molar-refractivity contribution in [3.63, 3.8) is 0 Å². The van der Waals surface area contributed by atoms with Crippen LogP contribution >= 0.6 is 0 Å². The van der Waals surface area contributed by atoms with Crippen LogP contribution < -0.4 is 5.73 Å². The molecule has 6 nitrogen and oxygen atoms in total. The first-order chi connectivity index (χ1) is 10.2. The zero-order chi connectivity index (χ0) is 14.8. The average molecular weight is 284 g/mol. The molecule has 0 aliphatic heterocycles. The Balaban J connectivity index is 1.98. The van der Waals surface area contributed by atoms with Crippen LogP contribution in [-0.4, -0.2) is 30.8 Å². The minimum atomic E-state index is 0.193. The maximum Gasteiger partial charge on any atom is 0.194 e. The van der Waals surface area contributed by atoms with Gasteiger partial charge in [-0.2, -0.15) is 4.80 Å². The number of tetrazole rings is 1. The van der Waals surface area contributed by atoms with Crippen molar-refractivity contribution in [2.75, 3.05) is 0 Å². The van der Waals surface area contributed by atoms with Crippen molar-refractivity contribution in [1.29, 1.82) is 0 Å². The monoisotopic (exact) mass is 284 g/mol.